The molecule has 3 N–H and O–H groups in total. The van der Waals surface area contributed by atoms with Gasteiger partial charge in [0.2, 0.25) is 0 Å². The number of aliphatic hydroxyl groups excluding tert-OH is 1. The predicted octanol–water partition coefficient (Wildman–Crippen LogP) is -0.0455. The average Bonchev–Trinajstić information content (AvgIpc) is 2.43. The Morgan fingerprint density at radius 2 is 2.45 bits per heavy atom. The Kier molecular flexibility index (Phi) is 1.67. The van der Waals surface area contributed by atoms with Crippen molar-refractivity contribution in [2.24, 2.45) is 17.2 Å². The molecule has 2 atom stereocenters. The fourth-order valence-electron chi connectivity index (χ4n) is 2.71. The Morgan fingerprint density at radius 3 is 3.09 bits per heavy atom. The molecule has 0 unspecified atom stereocenters. The van der Waals surface area contributed by atoms with Crippen molar-refractivity contribution in [3.05, 3.63) is 0 Å². The predicted molar refractivity (Wildman–Crippen MR) is 42.6 cm³/mol. The van der Waals surface area contributed by atoms with Crippen LogP contribution in [0, 0.1) is 11.3 Å². The zero-order chi connectivity index (χ0) is 7.90. The van der Waals surface area contributed by atoms with Crippen LogP contribution in [0.4, 0.5) is 0 Å². The largest absolute Gasteiger partial charge is 0.396 e. The van der Waals surface area contributed by atoms with Crippen LogP contribution in [0.15, 0.2) is 0 Å². The quantitative estimate of drug-likeness (QED) is 0.523. The van der Waals surface area contributed by atoms with Crippen molar-refractivity contribution in [1.29, 1.82) is 0 Å². The minimum atomic E-state index is 0.175. The summed E-state index contributed by atoms with van der Waals surface area (Å²) in [6.45, 7) is 2.21. The van der Waals surface area contributed by atoms with E-state index in [0.29, 0.717) is 12.5 Å². The summed E-state index contributed by atoms with van der Waals surface area (Å²) in [5.74, 6) is 6.37. The highest BCUT2D eigenvalue weighted by Gasteiger charge is 2.48. The summed E-state index contributed by atoms with van der Waals surface area (Å²) in [6, 6.07) is 0. The fraction of sp³-hybridized carbons (Fsp3) is 1.00. The van der Waals surface area contributed by atoms with Crippen molar-refractivity contribution in [2.45, 2.75) is 19.3 Å². The van der Waals surface area contributed by atoms with Gasteiger partial charge in [-0.2, -0.15) is 0 Å². The summed E-state index contributed by atoms with van der Waals surface area (Å²) in [6.07, 6.45) is 3.70. The van der Waals surface area contributed by atoms with Crippen molar-refractivity contribution in [3.8, 4) is 0 Å². The van der Waals surface area contributed by atoms with E-state index in [0.717, 1.165) is 13.1 Å². The molecule has 1 saturated carbocycles. The lowest BCUT2D eigenvalue weighted by molar-refractivity contribution is 0.112. The lowest BCUT2D eigenvalue weighted by Crippen LogP contribution is -2.33. The molecule has 1 aliphatic carbocycles. The Labute approximate surface area is 67.1 Å². The first-order valence-corrected chi connectivity index (χ1v) is 4.37. The molecule has 2 aliphatic rings. The van der Waals surface area contributed by atoms with Crippen LogP contribution >= 0.6 is 0 Å². The van der Waals surface area contributed by atoms with E-state index in [1.54, 1.807) is 0 Å². The topological polar surface area (TPSA) is 49.5 Å². The highest BCUT2D eigenvalue weighted by atomic mass is 16.3. The minimum absolute atomic E-state index is 0.175. The van der Waals surface area contributed by atoms with Gasteiger partial charge in [0.15, 0.2) is 0 Å². The van der Waals surface area contributed by atoms with Crippen LogP contribution in [0.2, 0.25) is 0 Å². The molecular weight excluding hydrogens is 140 g/mol. The summed E-state index contributed by atoms with van der Waals surface area (Å²) in [5, 5.41) is 11.1. The number of hydrogen-bond acceptors (Lipinski definition) is 3. The molecule has 1 saturated heterocycles. The van der Waals surface area contributed by atoms with E-state index >= 15 is 0 Å². The van der Waals surface area contributed by atoms with Crippen LogP contribution in [0.25, 0.3) is 0 Å². The van der Waals surface area contributed by atoms with Gasteiger partial charge in [0.05, 0.1) is 6.61 Å². The summed E-state index contributed by atoms with van der Waals surface area (Å²) in [5.41, 5.74) is 0.175. The van der Waals surface area contributed by atoms with Crippen molar-refractivity contribution >= 4 is 0 Å². The van der Waals surface area contributed by atoms with Gasteiger partial charge >= 0.3 is 0 Å². The molecule has 0 radical (unpaired) electrons. The normalized spacial score (nSPS) is 44.7. The lowest BCUT2D eigenvalue weighted by Gasteiger charge is -2.25. The third-order valence-corrected chi connectivity index (χ3v) is 3.38. The summed E-state index contributed by atoms with van der Waals surface area (Å²) >= 11 is 0. The molecule has 0 aromatic carbocycles. The number of hydrazine groups is 1. The number of aliphatic hydroxyl groups is 1. The van der Waals surface area contributed by atoms with Crippen LogP contribution in [0.3, 0.4) is 0 Å². The highest BCUT2D eigenvalue weighted by molar-refractivity contribution is 4.98. The van der Waals surface area contributed by atoms with Crippen LogP contribution in [0.5, 0.6) is 0 Å². The van der Waals surface area contributed by atoms with E-state index in [-0.39, 0.29) is 5.41 Å². The molecule has 3 nitrogen and oxygen atoms in total. The molecule has 64 valence electrons. The monoisotopic (exact) mass is 156 g/mol. The highest BCUT2D eigenvalue weighted by Crippen LogP contribution is 2.47. The Bertz CT molecular complexity index is 162. The number of nitrogens with zero attached hydrogens (tertiary/aromatic N) is 1. The Morgan fingerprint density at radius 1 is 1.64 bits per heavy atom. The smallest absolute Gasteiger partial charge is 0.0503 e. The van der Waals surface area contributed by atoms with E-state index < -0.39 is 0 Å². The van der Waals surface area contributed by atoms with Gasteiger partial charge in [-0.3, -0.25) is 5.84 Å². The van der Waals surface area contributed by atoms with Gasteiger partial charge < -0.3 is 5.11 Å². The van der Waals surface area contributed by atoms with Gasteiger partial charge in [-0.05, 0) is 18.8 Å². The van der Waals surface area contributed by atoms with Crippen molar-refractivity contribution in [1.82, 2.24) is 5.01 Å². The molecule has 0 aromatic heterocycles. The maximum Gasteiger partial charge on any atom is 0.0503 e. The standard InChI is InChI=1S/C8H16N2O/c9-10-4-7-2-1-3-8(7,5-10)6-11/h7,11H,1-6,9H2/t7-,8-/m0/s1. The lowest BCUT2D eigenvalue weighted by atomic mass is 9.82. The maximum absolute atomic E-state index is 9.26. The number of fused-ring (bicyclic) bond motifs is 1. The van der Waals surface area contributed by atoms with Gasteiger partial charge in [0.25, 0.3) is 0 Å². The summed E-state index contributed by atoms with van der Waals surface area (Å²) in [4.78, 5) is 0. The maximum atomic E-state index is 9.26. The van der Waals surface area contributed by atoms with E-state index in [1.807, 2.05) is 5.01 Å². The van der Waals surface area contributed by atoms with Crippen LogP contribution in [0.1, 0.15) is 19.3 Å². The van der Waals surface area contributed by atoms with Gasteiger partial charge in [0, 0.05) is 18.5 Å². The molecule has 2 fully saturated rings. The van der Waals surface area contributed by atoms with E-state index in [4.69, 9.17) is 5.84 Å². The molecule has 3 heteroatoms. The second kappa shape index (κ2) is 2.44. The number of hydrogen-bond donors (Lipinski definition) is 2. The second-order valence-electron chi connectivity index (χ2n) is 4.04. The van der Waals surface area contributed by atoms with Gasteiger partial charge in [0.1, 0.15) is 0 Å². The molecule has 1 heterocycles. The molecular formula is C8H16N2O. The fourth-order valence-corrected chi connectivity index (χ4v) is 2.71. The average molecular weight is 156 g/mol. The van der Waals surface area contributed by atoms with Gasteiger partial charge in [-0.15, -0.1) is 0 Å². The van der Waals surface area contributed by atoms with Gasteiger partial charge in [-0.1, -0.05) is 6.42 Å². The summed E-state index contributed by atoms with van der Waals surface area (Å²) < 4.78 is 0. The van der Waals surface area contributed by atoms with Crippen molar-refractivity contribution < 1.29 is 5.11 Å². The van der Waals surface area contributed by atoms with E-state index in [1.165, 1.54) is 19.3 Å². The second-order valence-corrected chi connectivity index (χ2v) is 4.04. The molecule has 0 aromatic rings. The Balaban J connectivity index is 2.15. The molecule has 11 heavy (non-hydrogen) atoms. The van der Waals surface area contributed by atoms with Crippen LogP contribution in [-0.2, 0) is 0 Å². The SMILES string of the molecule is NN1C[C@@H]2CCC[C@@]2(CO)C1. The van der Waals surface area contributed by atoms with Crippen LogP contribution in [-0.4, -0.2) is 29.8 Å². The Hall–Kier alpha value is -0.120. The number of nitrogens with two attached hydrogens (primary N) is 1. The summed E-state index contributed by atoms with van der Waals surface area (Å²) in [7, 11) is 0. The molecule has 0 bridgehead atoms. The molecule has 0 amide bonds. The third kappa shape index (κ3) is 0.991. The third-order valence-electron chi connectivity index (χ3n) is 3.38. The van der Waals surface area contributed by atoms with Crippen LogP contribution < -0.4 is 5.84 Å². The zero-order valence-corrected chi connectivity index (χ0v) is 6.79. The molecule has 2 rings (SSSR count). The van der Waals surface area contributed by atoms with E-state index in [2.05, 4.69) is 0 Å². The first-order chi connectivity index (χ1) is 5.27. The number of rotatable bonds is 1. The van der Waals surface area contributed by atoms with E-state index in [9.17, 15) is 5.11 Å². The van der Waals surface area contributed by atoms with Crippen molar-refractivity contribution in [2.75, 3.05) is 19.7 Å². The minimum Gasteiger partial charge on any atom is -0.396 e. The first-order valence-electron chi connectivity index (χ1n) is 4.37. The first kappa shape index (κ1) is 7.53. The molecule has 1 aliphatic heterocycles. The van der Waals surface area contributed by atoms with Crippen molar-refractivity contribution in [3.63, 3.8) is 0 Å². The van der Waals surface area contributed by atoms with Gasteiger partial charge in [-0.25, -0.2) is 5.01 Å². The molecule has 0 spiro atoms. The zero-order valence-electron chi connectivity index (χ0n) is 6.79.